The summed E-state index contributed by atoms with van der Waals surface area (Å²) >= 11 is 1.67. The molecule has 12 heteroatoms. The van der Waals surface area contributed by atoms with Gasteiger partial charge in [-0.05, 0) is 83.9 Å². The summed E-state index contributed by atoms with van der Waals surface area (Å²) in [5.74, 6) is 1.77. The van der Waals surface area contributed by atoms with Gasteiger partial charge in [-0.2, -0.15) is 0 Å². The number of ether oxygens (including phenoxy) is 1. The molecule has 4 aromatic rings. The van der Waals surface area contributed by atoms with Crippen LogP contribution in [-0.2, 0) is 11.2 Å². The zero-order valence-corrected chi connectivity index (χ0v) is 32.1. The number of hydrogen-bond donors (Lipinski definition) is 0. The molecule has 3 aliphatic heterocycles. The molecular formula is C38H52FN7O3S. The normalized spacial score (nSPS) is 17.9. The van der Waals surface area contributed by atoms with Gasteiger partial charge >= 0.3 is 6.09 Å². The van der Waals surface area contributed by atoms with Crippen LogP contribution in [0.3, 0.4) is 0 Å². The Labute approximate surface area is 299 Å². The van der Waals surface area contributed by atoms with Gasteiger partial charge in [0, 0.05) is 42.2 Å². The van der Waals surface area contributed by atoms with E-state index >= 15 is 4.39 Å². The van der Waals surface area contributed by atoms with E-state index in [1.165, 1.54) is 4.88 Å². The molecule has 2 saturated heterocycles. The highest BCUT2D eigenvalue weighted by Gasteiger charge is 2.43. The van der Waals surface area contributed by atoms with Gasteiger partial charge in [0.25, 0.3) is 0 Å². The summed E-state index contributed by atoms with van der Waals surface area (Å²) in [4.78, 5) is 27.4. The Kier molecular flexibility index (Phi) is 11.2. The predicted molar refractivity (Wildman–Crippen MR) is 197 cm³/mol. The summed E-state index contributed by atoms with van der Waals surface area (Å²) in [6.07, 6.45) is 6.09. The van der Waals surface area contributed by atoms with Crippen molar-refractivity contribution in [2.75, 3.05) is 31.1 Å². The fraction of sp³-hybridized carbons (Fsp3) is 0.553. The Morgan fingerprint density at radius 1 is 1.06 bits per heavy atom. The van der Waals surface area contributed by atoms with Gasteiger partial charge in [0.2, 0.25) is 0 Å². The highest BCUT2D eigenvalue weighted by molar-refractivity contribution is 7.15. The molecule has 1 aromatic carbocycles. The lowest BCUT2D eigenvalue weighted by Crippen LogP contribution is -2.43. The maximum absolute atomic E-state index is 16.1. The van der Waals surface area contributed by atoms with Crippen molar-refractivity contribution in [2.24, 2.45) is 10.4 Å². The summed E-state index contributed by atoms with van der Waals surface area (Å²) in [5, 5.41) is 9.91. The molecule has 2 fully saturated rings. The molecule has 1 amide bonds. The number of aliphatic imine (C=N–C) groups is 1. The number of halogens is 1. The molecule has 6 heterocycles. The van der Waals surface area contributed by atoms with Crippen LogP contribution in [0.15, 0.2) is 40.1 Å². The molecule has 270 valence electrons. The molecule has 0 saturated carbocycles. The SMILES string of the molecule is CC.CC.Cc1sc2c(c1C)C(c1ccc(N3CCC4(CCN(C(=O)OC(C)(C)C)C4)CC3)c(F)c1)=NC(Cc1ncco1)c1nnc(C)n1-2. The Morgan fingerprint density at radius 3 is 2.40 bits per heavy atom. The summed E-state index contributed by atoms with van der Waals surface area (Å²) in [5.41, 5.74) is 3.67. The number of piperidine rings is 1. The molecule has 1 unspecified atom stereocenters. The second-order valence-corrected chi connectivity index (χ2v) is 15.0. The topological polar surface area (TPSA) is 102 Å². The molecule has 0 aliphatic carbocycles. The number of amides is 1. The van der Waals surface area contributed by atoms with Crippen LogP contribution in [0.25, 0.3) is 5.00 Å². The van der Waals surface area contributed by atoms with Crippen molar-refractivity contribution in [1.29, 1.82) is 0 Å². The van der Waals surface area contributed by atoms with Gasteiger partial charge in [-0.15, -0.1) is 21.5 Å². The molecule has 1 spiro atoms. The van der Waals surface area contributed by atoms with E-state index in [0.717, 1.165) is 65.6 Å². The minimum absolute atomic E-state index is 0.0546. The number of likely N-dealkylation sites (tertiary alicyclic amines) is 1. The van der Waals surface area contributed by atoms with E-state index in [1.54, 1.807) is 29.9 Å². The standard InChI is InChI=1S/C34H40FN7O3S.2C2H6/c1-20-21(2)46-31-28(20)29(37-25(18-27-36-12-16-44-27)30-39-38-22(3)42(30)31)23-7-8-26(24(35)17-23)40-13-9-34(10-14-40)11-15-41(19-34)32(43)45-33(4,5)6;2*1-2/h7-8,12,16-17,25H,9-11,13-15,18-19H2,1-6H3;2*1-2H3. The number of carbonyl (C=O) groups excluding carboxylic acids is 1. The molecule has 0 bridgehead atoms. The Balaban J connectivity index is 0.00000117. The predicted octanol–water partition coefficient (Wildman–Crippen LogP) is 8.80. The van der Waals surface area contributed by atoms with E-state index < -0.39 is 11.6 Å². The Hall–Kier alpha value is -4.06. The van der Waals surface area contributed by atoms with Crippen LogP contribution in [0.2, 0.25) is 0 Å². The first kappa shape index (κ1) is 37.2. The number of fused-ring (bicyclic) bond motifs is 3. The van der Waals surface area contributed by atoms with E-state index in [0.29, 0.717) is 36.9 Å². The second kappa shape index (κ2) is 15.0. The maximum Gasteiger partial charge on any atom is 0.410 e. The van der Waals surface area contributed by atoms with Gasteiger partial charge in [-0.1, -0.05) is 33.8 Å². The minimum atomic E-state index is -0.514. The molecule has 3 aromatic heterocycles. The first-order valence-electron chi connectivity index (χ1n) is 17.9. The van der Waals surface area contributed by atoms with Crippen molar-refractivity contribution < 1.29 is 18.3 Å². The third kappa shape index (κ3) is 7.36. The van der Waals surface area contributed by atoms with Crippen molar-refractivity contribution in [3.63, 3.8) is 0 Å². The number of nitrogens with zero attached hydrogens (tertiary/aromatic N) is 7. The molecular weight excluding hydrogens is 654 g/mol. The van der Waals surface area contributed by atoms with Crippen LogP contribution in [0.5, 0.6) is 0 Å². The number of carbonyl (C=O) groups is 1. The van der Waals surface area contributed by atoms with Gasteiger partial charge in [0.05, 0.1) is 24.0 Å². The summed E-state index contributed by atoms with van der Waals surface area (Å²) in [6, 6.07) is 5.08. The molecule has 10 nitrogen and oxygen atoms in total. The number of rotatable bonds is 4. The van der Waals surface area contributed by atoms with Gasteiger partial charge in [0.1, 0.15) is 34.5 Å². The number of aromatic nitrogens is 4. The summed E-state index contributed by atoms with van der Waals surface area (Å²) in [7, 11) is 0. The van der Waals surface area contributed by atoms with Crippen LogP contribution < -0.4 is 4.90 Å². The molecule has 7 rings (SSSR count). The van der Waals surface area contributed by atoms with Crippen molar-refractivity contribution in [1.82, 2.24) is 24.6 Å². The van der Waals surface area contributed by atoms with Gasteiger partial charge < -0.3 is 19.0 Å². The molecule has 3 aliphatic rings. The number of oxazole rings is 1. The zero-order valence-electron chi connectivity index (χ0n) is 31.3. The molecule has 0 N–H and O–H groups in total. The summed E-state index contributed by atoms with van der Waals surface area (Å²) < 4.78 is 29.4. The van der Waals surface area contributed by atoms with Gasteiger partial charge in [0.15, 0.2) is 11.7 Å². The first-order chi connectivity index (χ1) is 23.9. The second-order valence-electron chi connectivity index (χ2n) is 13.8. The lowest BCUT2D eigenvalue weighted by atomic mass is 9.77. The van der Waals surface area contributed by atoms with Crippen LogP contribution in [0.1, 0.15) is 113 Å². The van der Waals surface area contributed by atoms with Crippen LogP contribution in [0, 0.1) is 32.0 Å². The lowest BCUT2D eigenvalue weighted by molar-refractivity contribution is 0.0266. The third-order valence-corrected chi connectivity index (χ3v) is 10.8. The van der Waals surface area contributed by atoms with Crippen molar-refractivity contribution in [3.8, 4) is 5.00 Å². The number of hydrogen-bond acceptors (Lipinski definition) is 9. The highest BCUT2D eigenvalue weighted by Crippen LogP contribution is 2.43. The zero-order chi connectivity index (χ0) is 36.4. The van der Waals surface area contributed by atoms with E-state index in [4.69, 9.17) is 14.1 Å². The van der Waals surface area contributed by atoms with Crippen molar-refractivity contribution >= 4 is 28.8 Å². The largest absolute Gasteiger partial charge is 0.449 e. The van der Waals surface area contributed by atoms with E-state index in [-0.39, 0.29) is 17.3 Å². The van der Waals surface area contributed by atoms with Crippen LogP contribution in [0.4, 0.5) is 14.9 Å². The maximum atomic E-state index is 16.1. The Bertz CT molecular complexity index is 1810. The van der Waals surface area contributed by atoms with Crippen LogP contribution in [-0.4, -0.2) is 68.2 Å². The lowest BCUT2D eigenvalue weighted by Gasteiger charge is -2.40. The molecule has 50 heavy (non-hydrogen) atoms. The van der Waals surface area contributed by atoms with E-state index in [1.807, 2.05) is 72.4 Å². The van der Waals surface area contributed by atoms with Crippen molar-refractivity contribution in [3.05, 3.63) is 75.6 Å². The summed E-state index contributed by atoms with van der Waals surface area (Å²) in [6.45, 7) is 22.7. The number of benzene rings is 1. The minimum Gasteiger partial charge on any atom is -0.449 e. The number of thiophene rings is 1. The number of anilines is 1. The highest BCUT2D eigenvalue weighted by atomic mass is 32.1. The van der Waals surface area contributed by atoms with E-state index in [2.05, 4.69) is 38.5 Å². The van der Waals surface area contributed by atoms with E-state index in [9.17, 15) is 4.79 Å². The van der Waals surface area contributed by atoms with Gasteiger partial charge in [-0.3, -0.25) is 9.56 Å². The third-order valence-electron chi connectivity index (χ3n) is 9.57. The quantitative estimate of drug-likeness (QED) is 0.209. The fourth-order valence-corrected chi connectivity index (χ4v) is 8.22. The Morgan fingerprint density at radius 2 is 1.76 bits per heavy atom. The molecule has 0 radical (unpaired) electrons. The molecule has 1 atom stereocenters. The van der Waals surface area contributed by atoms with Gasteiger partial charge in [-0.25, -0.2) is 14.2 Å². The monoisotopic (exact) mass is 705 g/mol. The first-order valence-corrected chi connectivity index (χ1v) is 18.7. The number of aryl methyl sites for hydroxylation is 2. The average Bonchev–Trinajstić information content (AvgIpc) is 3.88. The smallest absolute Gasteiger partial charge is 0.410 e. The fourth-order valence-electron chi connectivity index (χ4n) is 7.00. The van der Waals surface area contributed by atoms with Crippen LogP contribution >= 0.6 is 11.3 Å². The average molecular weight is 706 g/mol. The van der Waals surface area contributed by atoms with Crippen molar-refractivity contribution in [2.45, 2.75) is 107 Å².